The molecule has 1 N–H and O–H groups in total. The number of hydrogen-bond donors (Lipinski definition) is 1. The molecule has 1 amide bonds. The second-order valence-corrected chi connectivity index (χ2v) is 8.65. The third kappa shape index (κ3) is 4.02. The number of anilines is 2. The molecule has 4 rings (SSSR count). The molecule has 3 aromatic rings. The van der Waals surface area contributed by atoms with Crippen LogP contribution in [0.5, 0.6) is 5.75 Å². The van der Waals surface area contributed by atoms with Gasteiger partial charge in [0.2, 0.25) is 5.91 Å². The summed E-state index contributed by atoms with van der Waals surface area (Å²) in [5, 5.41) is 2.70. The van der Waals surface area contributed by atoms with Crippen LogP contribution in [0.1, 0.15) is 12.5 Å². The van der Waals surface area contributed by atoms with Crippen molar-refractivity contribution in [2.24, 2.45) is 0 Å². The van der Waals surface area contributed by atoms with E-state index in [-0.39, 0.29) is 17.5 Å². The van der Waals surface area contributed by atoms with Crippen LogP contribution >= 0.6 is 0 Å². The molecule has 1 aliphatic rings. The average Bonchev–Trinajstić information content (AvgIpc) is 3.37. The molecule has 2 aromatic carbocycles. The summed E-state index contributed by atoms with van der Waals surface area (Å²) in [6.45, 7) is 2.80. The Kier molecular flexibility index (Phi) is 5.45. The number of ether oxygens (including phenoxy) is 1. The number of amides is 1. The minimum atomic E-state index is -3.78. The Hall–Kier alpha value is -3.33. The minimum absolute atomic E-state index is 0.0493. The molecule has 0 spiro atoms. The van der Waals surface area contributed by atoms with Crippen LogP contribution in [-0.2, 0) is 27.8 Å². The quantitative estimate of drug-likeness (QED) is 0.627. The van der Waals surface area contributed by atoms with Gasteiger partial charge in [-0.3, -0.25) is 9.10 Å². The van der Waals surface area contributed by atoms with Crippen LogP contribution in [0.2, 0.25) is 0 Å². The van der Waals surface area contributed by atoms with Crippen LogP contribution < -0.4 is 14.4 Å². The second kappa shape index (κ2) is 8.19. The lowest BCUT2D eigenvalue weighted by Gasteiger charge is -2.17. The fraction of sp³-hybridized carbons (Fsp3) is 0.238. The number of benzene rings is 2. The van der Waals surface area contributed by atoms with E-state index >= 15 is 0 Å². The molecule has 0 fully saturated rings. The monoisotopic (exact) mass is 426 g/mol. The lowest BCUT2D eigenvalue weighted by molar-refractivity contribution is -0.116. The van der Waals surface area contributed by atoms with E-state index in [0.717, 1.165) is 11.3 Å². The van der Waals surface area contributed by atoms with E-state index in [1.165, 1.54) is 21.4 Å². The topological polar surface area (TPSA) is 93.5 Å². The molecular formula is C21H22N4O4S. The maximum absolute atomic E-state index is 13.0. The summed E-state index contributed by atoms with van der Waals surface area (Å²) in [7, 11) is -3.78. The second-order valence-electron chi connectivity index (χ2n) is 6.85. The first-order chi connectivity index (χ1) is 14.5. The van der Waals surface area contributed by atoms with Gasteiger partial charge >= 0.3 is 0 Å². The molecule has 1 aliphatic heterocycles. The third-order valence-electron chi connectivity index (χ3n) is 4.78. The molecule has 9 heteroatoms. The van der Waals surface area contributed by atoms with E-state index in [2.05, 4.69) is 10.3 Å². The Balaban J connectivity index is 1.43. The van der Waals surface area contributed by atoms with Gasteiger partial charge in [0.25, 0.3) is 10.0 Å². The van der Waals surface area contributed by atoms with Crippen molar-refractivity contribution in [3.63, 3.8) is 0 Å². The molecule has 30 heavy (non-hydrogen) atoms. The lowest BCUT2D eigenvalue weighted by atomic mass is 10.2. The van der Waals surface area contributed by atoms with E-state index in [0.29, 0.717) is 30.9 Å². The van der Waals surface area contributed by atoms with Gasteiger partial charge in [-0.05, 0) is 49.2 Å². The van der Waals surface area contributed by atoms with Crippen LogP contribution in [0.15, 0.2) is 66.1 Å². The maximum atomic E-state index is 13.0. The van der Waals surface area contributed by atoms with Crippen LogP contribution in [0.4, 0.5) is 11.4 Å². The summed E-state index contributed by atoms with van der Waals surface area (Å²) in [6.07, 6.45) is 3.40. The fourth-order valence-corrected chi connectivity index (χ4v) is 4.84. The van der Waals surface area contributed by atoms with Crippen molar-refractivity contribution in [3.8, 4) is 5.75 Å². The summed E-state index contributed by atoms with van der Waals surface area (Å²) in [5.41, 5.74) is 2.31. The summed E-state index contributed by atoms with van der Waals surface area (Å²) < 4.78 is 34.2. The Bertz CT molecular complexity index is 1160. The van der Waals surface area contributed by atoms with Gasteiger partial charge in [0.1, 0.15) is 12.3 Å². The predicted molar refractivity (Wildman–Crippen MR) is 113 cm³/mol. The molecule has 8 nitrogen and oxygen atoms in total. The van der Waals surface area contributed by atoms with Crippen molar-refractivity contribution in [2.45, 2.75) is 24.9 Å². The number of sulfonamides is 1. The summed E-state index contributed by atoms with van der Waals surface area (Å²) >= 11 is 0. The number of rotatable bonds is 7. The van der Waals surface area contributed by atoms with Crippen molar-refractivity contribution in [2.75, 3.05) is 22.8 Å². The Labute approximate surface area is 175 Å². The maximum Gasteiger partial charge on any atom is 0.283 e. The smallest absolute Gasteiger partial charge is 0.283 e. The molecule has 0 unspecified atom stereocenters. The zero-order valence-electron chi connectivity index (χ0n) is 16.5. The third-order valence-corrected chi connectivity index (χ3v) is 6.48. The highest BCUT2D eigenvalue weighted by Crippen LogP contribution is 2.32. The molecular weight excluding hydrogens is 404 g/mol. The highest BCUT2D eigenvalue weighted by molar-refractivity contribution is 7.92. The van der Waals surface area contributed by atoms with E-state index < -0.39 is 10.0 Å². The first-order valence-electron chi connectivity index (χ1n) is 9.62. The molecule has 0 aliphatic carbocycles. The highest BCUT2D eigenvalue weighted by Gasteiger charge is 2.32. The number of fused-ring (bicyclic) bond motifs is 1. The van der Waals surface area contributed by atoms with Crippen LogP contribution in [0.25, 0.3) is 0 Å². The molecule has 0 atom stereocenters. The van der Waals surface area contributed by atoms with E-state index in [1.807, 2.05) is 25.1 Å². The number of aromatic nitrogens is 2. The number of imidazole rings is 1. The molecule has 156 valence electrons. The Morgan fingerprint density at radius 2 is 1.93 bits per heavy atom. The zero-order valence-corrected chi connectivity index (χ0v) is 17.3. The minimum Gasteiger partial charge on any atom is -0.494 e. The number of carbonyl (C=O) groups is 1. The first-order valence-corrected chi connectivity index (χ1v) is 11.1. The van der Waals surface area contributed by atoms with Crippen molar-refractivity contribution in [1.29, 1.82) is 0 Å². The van der Waals surface area contributed by atoms with E-state index in [1.54, 1.807) is 30.3 Å². The number of carbonyl (C=O) groups excluding carboxylic acids is 1. The zero-order chi connectivity index (χ0) is 21.1. The molecule has 1 aromatic heterocycles. The fourth-order valence-electron chi connectivity index (χ4n) is 3.40. The lowest BCUT2D eigenvalue weighted by Crippen LogP contribution is -2.29. The summed E-state index contributed by atoms with van der Waals surface area (Å²) in [6, 6.07) is 14.5. The molecule has 0 saturated carbocycles. The first kappa shape index (κ1) is 20.0. The summed E-state index contributed by atoms with van der Waals surface area (Å²) in [4.78, 5) is 16.4. The highest BCUT2D eigenvalue weighted by atomic mass is 32.2. The molecule has 0 saturated heterocycles. The normalized spacial score (nSPS) is 13.2. The van der Waals surface area contributed by atoms with Gasteiger partial charge in [-0.25, -0.2) is 4.98 Å². The van der Waals surface area contributed by atoms with Crippen molar-refractivity contribution >= 4 is 27.3 Å². The van der Waals surface area contributed by atoms with Gasteiger partial charge in [0.05, 0.1) is 18.6 Å². The average molecular weight is 426 g/mol. The number of nitrogens with zero attached hydrogens (tertiary/aromatic N) is 3. The van der Waals surface area contributed by atoms with Crippen LogP contribution in [0, 0.1) is 0 Å². The predicted octanol–water partition coefficient (Wildman–Crippen LogP) is 2.67. The van der Waals surface area contributed by atoms with Gasteiger partial charge in [0.15, 0.2) is 5.03 Å². The molecule has 2 heterocycles. The number of nitrogens with one attached hydrogen (secondary N) is 1. The Morgan fingerprint density at radius 3 is 2.70 bits per heavy atom. The largest absolute Gasteiger partial charge is 0.494 e. The van der Waals surface area contributed by atoms with Gasteiger partial charge in [-0.1, -0.05) is 18.2 Å². The van der Waals surface area contributed by atoms with Gasteiger partial charge < -0.3 is 14.6 Å². The Morgan fingerprint density at radius 1 is 1.17 bits per heavy atom. The molecule has 0 radical (unpaired) electrons. The van der Waals surface area contributed by atoms with Crippen molar-refractivity contribution < 1.29 is 17.9 Å². The van der Waals surface area contributed by atoms with Crippen LogP contribution in [0.3, 0.4) is 0 Å². The van der Waals surface area contributed by atoms with Gasteiger partial charge in [0, 0.05) is 18.4 Å². The number of para-hydroxylation sites is 1. The van der Waals surface area contributed by atoms with E-state index in [9.17, 15) is 13.2 Å². The SMILES string of the molecule is CCOc1ccc(NC(=O)Cn2cnc(S(=O)(=O)N3CCc4ccccc43)c2)cc1. The van der Waals surface area contributed by atoms with E-state index in [4.69, 9.17) is 4.74 Å². The van der Waals surface area contributed by atoms with Crippen LogP contribution in [-0.4, -0.2) is 37.0 Å². The van der Waals surface area contributed by atoms with Crippen molar-refractivity contribution in [1.82, 2.24) is 9.55 Å². The molecule has 0 bridgehead atoms. The number of hydrogen-bond acceptors (Lipinski definition) is 5. The van der Waals surface area contributed by atoms with Gasteiger partial charge in [-0.2, -0.15) is 8.42 Å². The van der Waals surface area contributed by atoms with Crippen molar-refractivity contribution in [3.05, 3.63) is 66.6 Å². The standard InChI is InChI=1S/C21H22N4O4S/c1-2-29-18-9-7-17(8-10-18)23-20(26)13-24-14-21(22-15-24)30(27,28)25-12-11-16-5-3-4-6-19(16)25/h3-10,14-15H,2,11-13H2,1H3,(H,23,26). The van der Waals surface area contributed by atoms with Gasteiger partial charge in [-0.15, -0.1) is 0 Å². The summed E-state index contributed by atoms with van der Waals surface area (Å²) in [5.74, 6) is 0.440.